The highest BCUT2D eigenvalue weighted by Gasteiger charge is 2.15. The van der Waals surface area contributed by atoms with Gasteiger partial charge in [0.05, 0.1) is 17.3 Å². The van der Waals surface area contributed by atoms with E-state index in [0.29, 0.717) is 23.2 Å². The van der Waals surface area contributed by atoms with Gasteiger partial charge in [-0.2, -0.15) is 0 Å². The average Bonchev–Trinajstić information content (AvgIpc) is 3.23. The Morgan fingerprint density at radius 3 is 2.72 bits per heavy atom. The summed E-state index contributed by atoms with van der Waals surface area (Å²) in [5, 5.41) is 0. The van der Waals surface area contributed by atoms with Crippen LogP contribution in [0.25, 0.3) is 28.1 Å². The lowest BCUT2D eigenvalue weighted by Gasteiger charge is -2.00. The summed E-state index contributed by atoms with van der Waals surface area (Å²) < 4.78 is 28.8. The number of aldehydes is 1. The fourth-order valence-electron chi connectivity index (χ4n) is 2.41. The van der Waals surface area contributed by atoms with Crippen LogP contribution >= 0.6 is 12.3 Å². The van der Waals surface area contributed by atoms with Crippen molar-refractivity contribution in [1.29, 1.82) is 0 Å². The molecule has 4 heterocycles. The van der Waals surface area contributed by atoms with E-state index in [9.17, 15) is 13.1 Å². The molecule has 0 bridgehead atoms. The van der Waals surface area contributed by atoms with Crippen molar-refractivity contribution in [2.45, 2.75) is 13.8 Å². The van der Waals surface area contributed by atoms with Crippen molar-refractivity contribution in [1.82, 2.24) is 23.3 Å². The van der Waals surface area contributed by atoms with Crippen molar-refractivity contribution in [3.05, 3.63) is 48.4 Å². The second-order valence-corrected chi connectivity index (χ2v) is 5.29. The molecule has 0 aromatic carbocycles. The summed E-state index contributed by atoms with van der Waals surface area (Å²) in [5.41, 5.74) is 2.32. The first-order valence-corrected chi connectivity index (χ1v) is 8.13. The summed E-state index contributed by atoms with van der Waals surface area (Å²) >= 11 is -0.0641. The molecule has 128 valence electrons. The van der Waals surface area contributed by atoms with Gasteiger partial charge in [0.2, 0.25) is 0 Å². The van der Waals surface area contributed by atoms with Gasteiger partial charge in [0.1, 0.15) is 29.0 Å². The number of nitrogens with zero attached hydrogens (tertiary/aromatic N) is 5. The topological polar surface area (TPSA) is 65.1 Å². The molecule has 4 aromatic heterocycles. The second-order valence-electron chi connectivity index (χ2n) is 4.76. The van der Waals surface area contributed by atoms with E-state index in [1.165, 1.54) is 35.4 Å². The van der Waals surface area contributed by atoms with Crippen LogP contribution in [0.2, 0.25) is 0 Å². The summed E-state index contributed by atoms with van der Waals surface area (Å²) in [4.78, 5) is 23.9. The maximum atomic E-state index is 13.2. The zero-order chi connectivity index (χ0) is 18.0. The highest BCUT2D eigenvalue weighted by Crippen LogP contribution is 2.26. The lowest BCUT2D eigenvalue weighted by atomic mass is 10.2. The van der Waals surface area contributed by atoms with Gasteiger partial charge in [0.25, 0.3) is 0 Å². The fraction of sp³-hybridized carbons (Fsp3) is 0.125. The summed E-state index contributed by atoms with van der Waals surface area (Å²) in [6.07, 6.45) is 6.12. The van der Waals surface area contributed by atoms with Gasteiger partial charge in [-0.05, 0) is 12.1 Å². The Balaban J connectivity index is 0.000000880. The molecule has 0 N–H and O–H groups in total. The Hall–Kier alpha value is -2.81. The highest BCUT2D eigenvalue weighted by molar-refractivity contribution is 7.92. The monoisotopic (exact) mass is 361 g/mol. The summed E-state index contributed by atoms with van der Waals surface area (Å²) in [5.74, 6) is -0.386. The number of fused-ring (bicyclic) bond motifs is 2. The van der Waals surface area contributed by atoms with Gasteiger partial charge in [-0.1, -0.05) is 13.8 Å². The first-order chi connectivity index (χ1) is 12.2. The van der Waals surface area contributed by atoms with E-state index in [1.54, 1.807) is 6.07 Å². The standard InChI is InChI=1S/C14H7F2N5OS.C2H6/c15-9-1-2-11-13(18-7-20(11)5-9)10-3-17-14-12(19-10)8(6-22)4-21(14)23-16;1-2/h1-7H;1-2H3. The Labute approximate surface area is 146 Å². The van der Waals surface area contributed by atoms with E-state index in [0.717, 1.165) is 3.97 Å². The van der Waals surface area contributed by atoms with E-state index in [1.807, 2.05) is 13.8 Å². The van der Waals surface area contributed by atoms with Crippen LogP contribution in [0.15, 0.2) is 37.1 Å². The van der Waals surface area contributed by atoms with Gasteiger partial charge < -0.3 is 4.40 Å². The molecule has 9 heteroatoms. The Morgan fingerprint density at radius 2 is 2.00 bits per heavy atom. The minimum atomic E-state index is -0.386. The number of carbonyl (C=O) groups excluding carboxylic acids is 1. The molecule has 4 rings (SSSR count). The average molecular weight is 361 g/mol. The Bertz CT molecular complexity index is 1060. The molecule has 4 aromatic rings. The molecule has 0 aliphatic heterocycles. The molecule has 0 atom stereocenters. The lowest BCUT2D eigenvalue weighted by Crippen LogP contribution is -1.92. The first-order valence-electron chi connectivity index (χ1n) is 7.46. The number of rotatable bonds is 3. The minimum Gasteiger partial charge on any atom is -0.303 e. The summed E-state index contributed by atoms with van der Waals surface area (Å²) in [6.45, 7) is 4.00. The number of halogens is 2. The largest absolute Gasteiger partial charge is 0.303 e. The summed E-state index contributed by atoms with van der Waals surface area (Å²) in [6, 6.07) is 2.90. The maximum Gasteiger partial charge on any atom is 0.171 e. The molecule has 0 unspecified atom stereocenters. The molecule has 0 aliphatic rings. The zero-order valence-electron chi connectivity index (χ0n) is 13.3. The Kier molecular flexibility index (Phi) is 4.75. The van der Waals surface area contributed by atoms with Gasteiger partial charge in [0, 0.05) is 12.4 Å². The molecule has 0 saturated carbocycles. The predicted molar refractivity (Wildman–Crippen MR) is 92.5 cm³/mol. The quantitative estimate of drug-likeness (QED) is 0.514. The van der Waals surface area contributed by atoms with Crippen molar-refractivity contribution in [3.8, 4) is 11.4 Å². The van der Waals surface area contributed by atoms with Crippen molar-refractivity contribution in [2.75, 3.05) is 0 Å². The number of aromatic nitrogens is 5. The van der Waals surface area contributed by atoms with Crippen LogP contribution in [0.5, 0.6) is 0 Å². The van der Waals surface area contributed by atoms with E-state index >= 15 is 0 Å². The minimum absolute atomic E-state index is 0.0641. The van der Waals surface area contributed by atoms with Crippen LogP contribution in [0.4, 0.5) is 8.28 Å². The van der Waals surface area contributed by atoms with E-state index in [2.05, 4.69) is 15.0 Å². The second kappa shape index (κ2) is 6.98. The number of hydrogen-bond acceptors (Lipinski definition) is 5. The van der Waals surface area contributed by atoms with Crippen molar-refractivity contribution >= 4 is 35.3 Å². The molecular formula is C16H13F2N5OS. The molecular weight excluding hydrogens is 348 g/mol. The third-order valence-electron chi connectivity index (χ3n) is 3.43. The number of hydrogen-bond donors (Lipinski definition) is 0. The number of carbonyl (C=O) groups is 1. The van der Waals surface area contributed by atoms with Crippen molar-refractivity contribution in [3.63, 3.8) is 0 Å². The van der Waals surface area contributed by atoms with Crippen LogP contribution in [0.3, 0.4) is 0 Å². The van der Waals surface area contributed by atoms with Crippen LogP contribution in [0.1, 0.15) is 24.2 Å². The first kappa shape index (κ1) is 17.0. The molecule has 0 amide bonds. The van der Waals surface area contributed by atoms with E-state index in [4.69, 9.17) is 0 Å². The number of pyridine rings is 1. The predicted octanol–water partition coefficient (Wildman–Crippen LogP) is 4.10. The third kappa shape index (κ3) is 2.86. The van der Waals surface area contributed by atoms with E-state index in [-0.39, 0.29) is 34.9 Å². The molecule has 0 saturated heterocycles. The van der Waals surface area contributed by atoms with Gasteiger partial charge >= 0.3 is 0 Å². The normalized spacial score (nSPS) is 10.7. The highest BCUT2D eigenvalue weighted by atomic mass is 32.2. The lowest BCUT2D eigenvalue weighted by molar-refractivity contribution is 0.112. The van der Waals surface area contributed by atoms with Gasteiger partial charge in [-0.15, -0.1) is 3.89 Å². The molecule has 6 nitrogen and oxygen atoms in total. The smallest absolute Gasteiger partial charge is 0.171 e. The molecule has 0 spiro atoms. The number of imidazole rings is 1. The molecule has 25 heavy (non-hydrogen) atoms. The van der Waals surface area contributed by atoms with Crippen LogP contribution in [-0.2, 0) is 0 Å². The van der Waals surface area contributed by atoms with Crippen LogP contribution in [0, 0.1) is 5.82 Å². The molecule has 0 aliphatic carbocycles. The van der Waals surface area contributed by atoms with Gasteiger partial charge in [-0.3, -0.25) is 4.79 Å². The van der Waals surface area contributed by atoms with Crippen LogP contribution < -0.4 is 0 Å². The summed E-state index contributed by atoms with van der Waals surface area (Å²) in [7, 11) is 0. The maximum absolute atomic E-state index is 13.2. The molecule has 0 radical (unpaired) electrons. The zero-order valence-corrected chi connectivity index (χ0v) is 14.2. The van der Waals surface area contributed by atoms with Crippen molar-refractivity contribution in [2.24, 2.45) is 0 Å². The van der Waals surface area contributed by atoms with Crippen molar-refractivity contribution < 1.29 is 13.1 Å². The van der Waals surface area contributed by atoms with Gasteiger partial charge in [0.15, 0.2) is 24.3 Å². The SMILES string of the molecule is CC.O=Cc1cn(SF)c2ncc(-c3ncn4cc(F)ccc34)nc12. The third-order valence-corrected chi connectivity index (χ3v) is 3.86. The van der Waals surface area contributed by atoms with E-state index < -0.39 is 0 Å². The van der Waals surface area contributed by atoms with Crippen LogP contribution in [-0.4, -0.2) is 29.6 Å². The molecule has 0 fully saturated rings. The van der Waals surface area contributed by atoms with Gasteiger partial charge in [-0.25, -0.2) is 23.3 Å². The fourth-order valence-corrected chi connectivity index (χ4v) is 2.76. The Morgan fingerprint density at radius 1 is 1.20 bits per heavy atom.